The van der Waals surface area contributed by atoms with E-state index in [1.807, 2.05) is 6.07 Å². The highest BCUT2D eigenvalue weighted by atomic mass is 16.2. The molecular formula is C21H15N3O3. The smallest absolute Gasteiger partial charge is 0.266 e. The SMILES string of the molecule is O=C(NCc1cccnc1)c1ccc(N2C(=O)c3ccccc3C2=O)cc1. The maximum absolute atomic E-state index is 12.5. The minimum absolute atomic E-state index is 0.243. The maximum Gasteiger partial charge on any atom is 0.266 e. The van der Waals surface area contributed by atoms with Crippen molar-refractivity contribution in [2.24, 2.45) is 0 Å². The summed E-state index contributed by atoms with van der Waals surface area (Å²) in [6, 6.07) is 16.8. The average Bonchev–Trinajstić information content (AvgIpc) is 2.98. The number of nitrogens with one attached hydrogen (secondary N) is 1. The van der Waals surface area contributed by atoms with Crippen molar-refractivity contribution in [1.82, 2.24) is 10.3 Å². The van der Waals surface area contributed by atoms with Crippen LogP contribution >= 0.6 is 0 Å². The highest BCUT2D eigenvalue weighted by molar-refractivity contribution is 6.34. The fraction of sp³-hybridized carbons (Fsp3) is 0.0476. The Morgan fingerprint density at radius 1 is 0.889 bits per heavy atom. The van der Waals surface area contributed by atoms with Crippen molar-refractivity contribution in [1.29, 1.82) is 0 Å². The largest absolute Gasteiger partial charge is 0.348 e. The predicted molar refractivity (Wildman–Crippen MR) is 99.4 cm³/mol. The van der Waals surface area contributed by atoms with Gasteiger partial charge in [-0.2, -0.15) is 0 Å². The topological polar surface area (TPSA) is 79.4 Å². The van der Waals surface area contributed by atoms with Gasteiger partial charge >= 0.3 is 0 Å². The fourth-order valence-electron chi connectivity index (χ4n) is 2.97. The van der Waals surface area contributed by atoms with E-state index in [-0.39, 0.29) is 17.7 Å². The first kappa shape index (κ1) is 16.7. The molecule has 0 spiro atoms. The summed E-state index contributed by atoms with van der Waals surface area (Å²) in [4.78, 5) is 42.4. The van der Waals surface area contributed by atoms with E-state index in [2.05, 4.69) is 10.3 Å². The zero-order chi connectivity index (χ0) is 18.8. The van der Waals surface area contributed by atoms with Crippen LogP contribution < -0.4 is 10.2 Å². The van der Waals surface area contributed by atoms with Gasteiger partial charge in [-0.25, -0.2) is 4.90 Å². The molecule has 0 aliphatic carbocycles. The highest BCUT2D eigenvalue weighted by Crippen LogP contribution is 2.28. The Bertz CT molecular complexity index is 995. The number of rotatable bonds is 4. The summed E-state index contributed by atoms with van der Waals surface area (Å²) in [7, 11) is 0. The number of pyridine rings is 1. The van der Waals surface area contributed by atoms with Gasteiger partial charge in [0.25, 0.3) is 17.7 Å². The molecule has 1 N–H and O–H groups in total. The quantitative estimate of drug-likeness (QED) is 0.728. The molecule has 6 heteroatoms. The van der Waals surface area contributed by atoms with Gasteiger partial charge in [-0.15, -0.1) is 0 Å². The molecule has 27 heavy (non-hydrogen) atoms. The van der Waals surface area contributed by atoms with Crippen molar-refractivity contribution in [2.75, 3.05) is 4.90 Å². The number of benzene rings is 2. The van der Waals surface area contributed by atoms with Crippen LogP contribution in [-0.4, -0.2) is 22.7 Å². The van der Waals surface area contributed by atoms with Gasteiger partial charge in [0.1, 0.15) is 0 Å². The van der Waals surface area contributed by atoms with E-state index in [0.29, 0.717) is 28.9 Å². The van der Waals surface area contributed by atoms with Gasteiger partial charge in [-0.1, -0.05) is 18.2 Å². The fourth-order valence-corrected chi connectivity index (χ4v) is 2.97. The molecule has 1 aliphatic heterocycles. The van der Waals surface area contributed by atoms with Crippen LogP contribution in [0.3, 0.4) is 0 Å². The number of anilines is 1. The van der Waals surface area contributed by atoms with Crippen molar-refractivity contribution in [3.8, 4) is 0 Å². The Morgan fingerprint density at radius 2 is 1.56 bits per heavy atom. The molecule has 0 saturated carbocycles. The molecule has 0 unspecified atom stereocenters. The normalized spacial score (nSPS) is 12.8. The summed E-state index contributed by atoms with van der Waals surface area (Å²) < 4.78 is 0. The van der Waals surface area contributed by atoms with E-state index in [1.54, 1.807) is 67.0 Å². The Balaban J connectivity index is 1.49. The van der Waals surface area contributed by atoms with Crippen molar-refractivity contribution < 1.29 is 14.4 Å². The monoisotopic (exact) mass is 357 g/mol. The zero-order valence-corrected chi connectivity index (χ0v) is 14.3. The molecule has 2 aromatic carbocycles. The molecule has 132 valence electrons. The van der Waals surface area contributed by atoms with Crippen LogP contribution in [0.5, 0.6) is 0 Å². The third kappa shape index (κ3) is 3.08. The van der Waals surface area contributed by atoms with Gasteiger partial charge in [0.05, 0.1) is 16.8 Å². The molecule has 3 aromatic rings. The molecule has 0 atom stereocenters. The maximum atomic E-state index is 12.5. The van der Waals surface area contributed by atoms with Crippen molar-refractivity contribution >= 4 is 23.4 Å². The van der Waals surface area contributed by atoms with Gasteiger partial charge in [-0.3, -0.25) is 19.4 Å². The van der Waals surface area contributed by atoms with Gasteiger partial charge in [-0.05, 0) is 48.0 Å². The zero-order valence-electron chi connectivity index (χ0n) is 14.3. The summed E-state index contributed by atoms with van der Waals surface area (Å²) in [6.07, 6.45) is 3.36. The third-order valence-corrected chi connectivity index (χ3v) is 4.36. The summed E-state index contributed by atoms with van der Waals surface area (Å²) in [5.41, 5.74) is 2.55. The number of fused-ring (bicyclic) bond motifs is 1. The lowest BCUT2D eigenvalue weighted by Crippen LogP contribution is -2.29. The molecule has 0 saturated heterocycles. The summed E-state index contributed by atoms with van der Waals surface area (Å²) >= 11 is 0. The first-order chi connectivity index (χ1) is 13.1. The first-order valence-corrected chi connectivity index (χ1v) is 8.40. The van der Waals surface area contributed by atoms with E-state index in [1.165, 1.54) is 0 Å². The second-order valence-corrected chi connectivity index (χ2v) is 6.08. The van der Waals surface area contributed by atoms with Gasteiger partial charge in [0, 0.05) is 24.5 Å². The van der Waals surface area contributed by atoms with Crippen LogP contribution in [0.4, 0.5) is 5.69 Å². The standard InChI is InChI=1S/C21H15N3O3/c25-19(23-13-14-4-3-11-22-12-14)15-7-9-16(10-8-15)24-20(26)17-5-1-2-6-18(17)21(24)27/h1-12H,13H2,(H,23,25). The first-order valence-electron chi connectivity index (χ1n) is 8.40. The summed E-state index contributed by atoms with van der Waals surface area (Å²) in [5.74, 6) is -0.957. The summed E-state index contributed by atoms with van der Waals surface area (Å²) in [5, 5.41) is 2.81. The Kier molecular flexibility index (Phi) is 4.22. The van der Waals surface area contributed by atoms with E-state index in [9.17, 15) is 14.4 Å². The lowest BCUT2D eigenvalue weighted by molar-refractivity contribution is 0.0923. The van der Waals surface area contributed by atoms with Crippen LogP contribution in [0.1, 0.15) is 36.6 Å². The van der Waals surface area contributed by atoms with Crippen LogP contribution in [-0.2, 0) is 6.54 Å². The van der Waals surface area contributed by atoms with Crippen molar-refractivity contribution in [3.05, 3.63) is 95.3 Å². The molecule has 3 amide bonds. The molecule has 0 radical (unpaired) electrons. The molecule has 2 heterocycles. The van der Waals surface area contributed by atoms with Crippen molar-refractivity contribution in [3.63, 3.8) is 0 Å². The van der Waals surface area contributed by atoms with E-state index >= 15 is 0 Å². The molecule has 6 nitrogen and oxygen atoms in total. The second kappa shape index (κ2) is 6.84. The third-order valence-electron chi connectivity index (χ3n) is 4.36. The van der Waals surface area contributed by atoms with E-state index in [0.717, 1.165) is 10.5 Å². The lowest BCUT2D eigenvalue weighted by Gasteiger charge is -2.14. The lowest BCUT2D eigenvalue weighted by atomic mass is 10.1. The number of hydrogen-bond donors (Lipinski definition) is 1. The van der Waals surface area contributed by atoms with Gasteiger partial charge in [0.15, 0.2) is 0 Å². The molecule has 0 bridgehead atoms. The molecule has 4 rings (SSSR count). The van der Waals surface area contributed by atoms with Crippen LogP contribution in [0, 0.1) is 0 Å². The molecular weight excluding hydrogens is 342 g/mol. The molecule has 1 aliphatic rings. The number of carbonyl (C=O) groups is 3. The Labute approximate surface area is 155 Å². The van der Waals surface area contributed by atoms with Crippen LogP contribution in [0.15, 0.2) is 73.1 Å². The van der Waals surface area contributed by atoms with E-state index in [4.69, 9.17) is 0 Å². The Morgan fingerprint density at radius 3 is 2.15 bits per heavy atom. The molecule has 0 fully saturated rings. The number of aromatic nitrogens is 1. The van der Waals surface area contributed by atoms with Crippen LogP contribution in [0.25, 0.3) is 0 Å². The number of amides is 3. The minimum Gasteiger partial charge on any atom is -0.348 e. The molecule has 1 aromatic heterocycles. The number of imide groups is 1. The van der Waals surface area contributed by atoms with E-state index < -0.39 is 0 Å². The number of carbonyl (C=O) groups excluding carboxylic acids is 3. The number of hydrogen-bond acceptors (Lipinski definition) is 4. The predicted octanol–water partition coefficient (Wildman–Crippen LogP) is 2.81. The highest BCUT2D eigenvalue weighted by Gasteiger charge is 2.36. The second-order valence-electron chi connectivity index (χ2n) is 6.08. The minimum atomic E-state index is -0.357. The van der Waals surface area contributed by atoms with Gasteiger partial charge < -0.3 is 5.32 Å². The number of nitrogens with zero attached hydrogens (tertiary/aromatic N) is 2. The summed E-state index contributed by atoms with van der Waals surface area (Å²) in [6.45, 7) is 0.368. The van der Waals surface area contributed by atoms with Gasteiger partial charge in [0.2, 0.25) is 0 Å². The van der Waals surface area contributed by atoms with Crippen LogP contribution in [0.2, 0.25) is 0 Å². The average molecular weight is 357 g/mol. The Hall–Kier alpha value is -3.80. The van der Waals surface area contributed by atoms with Crippen molar-refractivity contribution in [2.45, 2.75) is 6.54 Å².